The summed E-state index contributed by atoms with van der Waals surface area (Å²) in [6.07, 6.45) is -2.29. The predicted octanol–water partition coefficient (Wildman–Crippen LogP) is 9.66. The number of rotatable bonds is 16. The second kappa shape index (κ2) is 24.6. The zero-order chi connectivity index (χ0) is 61.7. The molecule has 6 N–H and O–H groups in total. The van der Waals surface area contributed by atoms with E-state index in [9.17, 15) is 33.8 Å². The molecule has 458 valence electrons. The number of amides is 2. The molecular formula is C63H61F6N11O7S. The molecule has 0 radical (unpaired) electrons. The smallest absolute Gasteiger partial charge is 0.417 e. The lowest BCUT2D eigenvalue weighted by atomic mass is 9.92. The van der Waals surface area contributed by atoms with E-state index in [1.807, 2.05) is 11.0 Å². The Bertz CT molecular complexity index is 3990. The number of nitrogens with two attached hydrogens (primary N) is 1. The number of likely N-dealkylation sites (tertiary alicyclic amines) is 1. The number of hydrogen-bond donors (Lipinski definition) is 5. The van der Waals surface area contributed by atoms with Gasteiger partial charge >= 0.3 is 12.2 Å². The van der Waals surface area contributed by atoms with Crippen LogP contribution in [0.5, 0.6) is 11.8 Å². The Kier molecular flexibility index (Phi) is 16.8. The van der Waals surface area contributed by atoms with Gasteiger partial charge in [0.15, 0.2) is 17.4 Å². The maximum Gasteiger partial charge on any atom is 0.417 e. The molecule has 7 heterocycles. The van der Waals surface area contributed by atoms with Gasteiger partial charge in [-0.1, -0.05) is 85.8 Å². The highest BCUT2D eigenvalue weighted by molar-refractivity contribution is 7.23. The number of carbonyl (C=O) groups excluding carboxylic acids is 2. The molecule has 4 aliphatic heterocycles. The van der Waals surface area contributed by atoms with Gasteiger partial charge in [0.25, 0.3) is 0 Å². The van der Waals surface area contributed by atoms with Crippen LogP contribution >= 0.6 is 11.3 Å². The first-order chi connectivity index (χ1) is 42.3. The third kappa shape index (κ3) is 11.8. The van der Waals surface area contributed by atoms with E-state index in [2.05, 4.69) is 20.9 Å². The lowest BCUT2D eigenvalue weighted by molar-refractivity contribution is -0.142. The molecule has 6 atom stereocenters. The second-order valence-corrected chi connectivity index (χ2v) is 24.1. The van der Waals surface area contributed by atoms with Crippen LogP contribution < -0.4 is 30.7 Å². The van der Waals surface area contributed by atoms with Crippen molar-refractivity contribution in [3.05, 3.63) is 131 Å². The average Bonchev–Trinajstić information content (AvgIpc) is 1.35. The van der Waals surface area contributed by atoms with E-state index in [0.717, 1.165) is 48.9 Å². The summed E-state index contributed by atoms with van der Waals surface area (Å²) < 4.78 is 112. The van der Waals surface area contributed by atoms with E-state index in [1.54, 1.807) is 56.4 Å². The second-order valence-electron chi connectivity index (χ2n) is 23.1. The van der Waals surface area contributed by atoms with Crippen LogP contribution in [0.3, 0.4) is 0 Å². The Morgan fingerprint density at radius 1 is 0.955 bits per heavy atom. The number of nitrogens with zero attached hydrogens (tertiary/aromatic N) is 8. The molecule has 12 rings (SSSR count). The van der Waals surface area contributed by atoms with Crippen LogP contribution in [0.1, 0.15) is 80.3 Å². The Morgan fingerprint density at radius 2 is 1.72 bits per heavy atom. The molecule has 18 nitrogen and oxygen atoms in total. The van der Waals surface area contributed by atoms with Crippen molar-refractivity contribution in [2.75, 3.05) is 56.6 Å². The molecule has 8 aromatic rings. The van der Waals surface area contributed by atoms with Gasteiger partial charge in [-0.05, 0) is 71.7 Å². The summed E-state index contributed by atoms with van der Waals surface area (Å²) in [5.74, 6) is -4.10. The number of aromatic nitrogens is 5. The number of halogens is 6. The molecule has 3 aromatic heterocycles. The molecule has 5 aromatic carbocycles. The third-order valence-corrected chi connectivity index (χ3v) is 18.0. The predicted molar refractivity (Wildman–Crippen MR) is 315 cm³/mol. The van der Waals surface area contributed by atoms with Gasteiger partial charge < -0.3 is 50.6 Å². The summed E-state index contributed by atoms with van der Waals surface area (Å²) in [7, 11) is 0. The number of aliphatic hydroxyl groups excluding tert-OH is 2. The van der Waals surface area contributed by atoms with E-state index in [-0.39, 0.29) is 92.0 Å². The lowest BCUT2D eigenvalue weighted by Gasteiger charge is -2.30. The zero-order valence-corrected chi connectivity index (χ0v) is 48.6. The molecule has 4 aliphatic rings. The molecular weight excluding hydrogens is 1170 g/mol. The highest BCUT2D eigenvalue weighted by Gasteiger charge is 2.44. The molecule has 88 heavy (non-hydrogen) atoms. The molecule has 2 amide bonds. The Balaban J connectivity index is 0.846. The number of benzene rings is 5. The number of alkyl halides is 3. The summed E-state index contributed by atoms with van der Waals surface area (Å²) in [6, 6.07) is 18.9. The maximum atomic E-state index is 16.1. The summed E-state index contributed by atoms with van der Waals surface area (Å²) in [5.41, 5.74) is 6.51. The van der Waals surface area contributed by atoms with Crippen molar-refractivity contribution in [1.29, 1.82) is 5.26 Å². The van der Waals surface area contributed by atoms with Crippen molar-refractivity contribution >= 4 is 55.0 Å². The minimum absolute atomic E-state index is 0.00558. The van der Waals surface area contributed by atoms with Crippen LogP contribution in [0.2, 0.25) is 0 Å². The first kappa shape index (κ1) is 59.9. The highest BCUT2D eigenvalue weighted by atomic mass is 32.1. The monoisotopic (exact) mass is 1230 g/mol. The van der Waals surface area contributed by atoms with Gasteiger partial charge in [-0.2, -0.15) is 28.4 Å². The van der Waals surface area contributed by atoms with E-state index < -0.39 is 83.3 Å². The SMILES string of the molecule is CC(C)[C@@H](C(=O)N1C[C@H](O)C[C@H]1C(=O)N[C@@H](CO)c1ccc(-c2cccc(F)c2F)cc1)n1cc(-c2ccc(COc3c(-c4ccc(F)c5sc(N)c(C#N)c45)c(C(F)(F)F)cc4c(N5CCC6CNC(C6)C5)nc(OC5CCOCC5)nc34)cc2)nn1. The summed E-state index contributed by atoms with van der Waals surface area (Å²) in [5, 5.41) is 46.6. The van der Waals surface area contributed by atoms with Gasteiger partial charge in [0.05, 0.1) is 54.0 Å². The maximum absolute atomic E-state index is 16.1. The van der Waals surface area contributed by atoms with Crippen LogP contribution in [-0.2, 0) is 27.1 Å². The molecule has 2 unspecified atom stereocenters. The summed E-state index contributed by atoms with van der Waals surface area (Å²) in [6.45, 7) is 5.18. The molecule has 0 saturated carbocycles. The summed E-state index contributed by atoms with van der Waals surface area (Å²) in [4.78, 5) is 41.6. The number of ether oxygens (including phenoxy) is 3. The van der Waals surface area contributed by atoms with Crippen molar-refractivity contribution in [1.82, 2.24) is 40.5 Å². The van der Waals surface area contributed by atoms with E-state index >= 15 is 17.6 Å². The molecule has 4 saturated heterocycles. The van der Waals surface area contributed by atoms with Crippen molar-refractivity contribution in [3.8, 4) is 51.3 Å². The minimum Gasteiger partial charge on any atom is -0.486 e. The number of nitriles is 1. The number of anilines is 2. The van der Waals surface area contributed by atoms with E-state index in [1.165, 1.54) is 39.9 Å². The number of fused-ring (bicyclic) bond motifs is 4. The van der Waals surface area contributed by atoms with Crippen LogP contribution in [-0.4, -0.2) is 122 Å². The molecule has 4 fully saturated rings. The zero-order valence-electron chi connectivity index (χ0n) is 47.7. The van der Waals surface area contributed by atoms with Gasteiger partial charge in [-0.25, -0.2) is 17.9 Å². The number of thiophene rings is 1. The number of carbonyl (C=O) groups is 2. The Labute approximate surface area is 504 Å². The number of nitrogen functional groups attached to an aromatic ring is 1. The Morgan fingerprint density at radius 3 is 2.44 bits per heavy atom. The lowest BCUT2D eigenvalue weighted by Crippen LogP contribution is -2.50. The van der Waals surface area contributed by atoms with Gasteiger partial charge in [0.1, 0.15) is 58.7 Å². The highest BCUT2D eigenvalue weighted by Crippen LogP contribution is 2.52. The van der Waals surface area contributed by atoms with E-state index in [0.29, 0.717) is 73.0 Å². The topological polar surface area (TPSA) is 239 Å². The van der Waals surface area contributed by atoms with Crippen LogP contribution in [0.25, 0.3) is 54.5 Å². The summed E-state index contributed by atoms with van der Waals surface area (Å²) >= 11 is 0.752. The minimum atomic E-state index is -5.05. The molecule has 25 heteroatoms. The third-order valence-electron chi connectivity index (χ3n) is 17.0. The van der Waals surface area contributed by atoms with Gasteiger partial charge in [0.2, 0.25) is 11.8 Å². The number of β-amino-alcohol motifs (C(OH)–C–C–N with tert-alkyl or cyclic N) is 1. The normalized spacial score (nSPS) is 19.7. The van der Waals surface area contributed by atoms with Crippen LogP contribution in [0.15, 0.2) is 91.1 Å². The first-order valence-corrected chi connectivity index (χ1v) is 29.8. The van der Waals surface area contributed by atoms with Crippen LogP contribution in [0, 0.1) is 40.6 Å². The van der Waals surface area contributed by atoms with Crippen molar-refractivity contribution in [2.45, 2.75) is 95.1 Å². The quantitative estimate of drug-likeness (QED) is 0.0566. The largest absolute Gasteiger partial charge is 0.486 e. The van der Waals surface area contributed by atoms with Crippen LogP contribution in [0.4, 0.5) is 37.2 Å². The first-order valence-electron chi connectivity index (χ1n) is 29.0. The number of nitrogens with one attached hydrogen (secondary N) is 2. The van der Waals surface area contributed by atoms with E-state index in [4.69, 9.17) is 29.9 Å². The molecule has 0 spiro atoms. The fourth-order valence-electron chi connectivity index (χ4n) is 12.5. The number of hydrogen-bond acceptors (Lipinski definition) is 16. The average molecular weight is 1230 g/mol. The van der Waals surface area contributed by atoms with Gasteiger partial charge in [-0.3, -0.25) is 9.59 Å². The fourth-order valence-corrected chi connectivity index (χ4v) is 13.5. The standard InChI is InChI=1S/C63H61F6N11O7S/c1-32(2)55(61(84)79-28-39(82)23-50(79)60(83)73-49(30-81)37-12-10-35(11-13-37)41-4-3-5-46(64)53(41)66)80-29-48(76-77-80)36-8-6-33(7-9-36)31-86-56-52(42-14-15-47(65)57-51(42)44(25-70)58(71)88-57)45(63(67,68)69)24-43-54(56)74-62(87-40-17-20-85-21-18-40)75-59(43)78-19-16-34-22-38(27-78)72-26-34/h3-15,24,29,32,34,38-40,49-50,55,72,81-82H,16-23,26-28,30-31,71H2,1-2H3,(H,73,83)/t34?,38?,39-,49+,50+,55+/m1/s1. The van der Waals surface area contributed by atoms with Gasteiger partial charge in [0, 0.05) is 72.4 Å². The number of aliphatic hydroxyl groups is 2. The Hall–Kier alpha value is -8.41. The molecule has 2 bridgehead atoms. The van der Waals surface area contributed by atoms with Gasteiger partial charge in [-0.15, -0.1) is 16.4 Å². The van der Waals surface area contributed by atoms with Crippen molar-refractivity contribution in [2.24, 2.45) is 11.8 Å². The molecule has 0 aliphatic carbocycles. The van der Waals surface area contributed by atoms with Crippen molar-refractivity contribution < 1.29 is 60.4 Å². The van der Waals surface area contributed by atoms with Crippen molar-refractivity contribution in [3.63, 3.8) is 0 Å². The fraction of sp³-hybridized carbons (Fsp3) is 0.381.